The van der Waals surface area contributed by atoms with Crippen molar-refractivity contribution in [3.8, 4) is 0 Å². The van der Waals surface area contributed by atoms with E-state index in [2.05, 4.69) is 42.8 Å². The lowest BCUT2D eigenvalue weighted by atomic mass is 10.1. The van der Waals surface area contributed by atoms with Gasteiger partial charge in [-0.05, 0) is 39.0 Å². The van der Waals surface area contributed by atoms with Crippen LogP contribution >= 0.6 is 24.0 Å². The number of nitrogens with one attached hydrogen (secondary N) is 1. The van der Waals surface area contributed by atoms with Gasteiger partial charge in [0.05, 0.1) is 19.2 Å². The maximum Gasteiger partial charge on any atom is 0.239 e. The third-order valence-corrected chi connectivity index (χ3v) is 5.61. The van der Waals surface area contributed by atoms with E-state index >= 15 is 0 Å². The summed E-state index contributed by atoms with van der Waals surface area (Å²) in [6.45, 7) is 17.1. The number of carbonyl (C=O) groups is 1. The molecule has 29 heavy (non-hydrogen) atoms. The van der Waals surface area contributed by atoms with Crippen LogP contribution in [-0.2, 0) is 9.53 Å². The fourth-order valence-corrected chi connectivity index (χ4v) is 3.74. The summed E-state index contributed by atoms with van der Waals surface area (Å²) in [4.78, 5) is 24.0. The number of hydrogen-bond acceptors (Lipinski definition) is 4. The first-order valence-electron chi connectivity index (χ1n) is 11.2. The maximum absolute atomic E-state index is 12.7. The number of rotatable bonds is 9. The summed E-state index contributed by atoms with van der Waals surface area (Å²) < 4.78 is 5.68. The highest BCUT2D eigenvalue weighted by atomic mass is 127. The Bertz CT molecular complexity index is 489. The maximum atomic E-state index is 12.7. The molecule has 170 valence electrons. The summed E-state index contributed by atoms with van der Waals surface area (Å²) in [7, 11) is 0. The first kappa shape index (κ1) is 26.4. The van der Waals surface area contributed by atoms with Crippen molar-refractivity contribution in [3.63, 3.8) is 0 Å². The second-order valence-electron chi connectivity index (χ2n) is 8.26. The molecule has 2 saturated heterocycles. The molecular formula is C21H42IN5O2. The molecule has 0 aliphatic carbocycles. The smallest absolute Gasteiger partial charge is 0.239 e. The van der Waals surface area contributed by atoms with Gasteiger partial charge in [0.15, 0.2) is 5.96 Å². The van der Waals surface area contributed by atoms with Crippen LogP contribution in [0, 0.1) is 5.92 Å². The summed E-state index contributed by atoms with van der Waals surface area (Å²) >= 11 is 0. The van der Waals surface area contributed by atoms with Gasteiger partial charge < -0.3 is 19.9 Å². The molecule has 0 aromatic rings. The normalized spacial score (nSPS) is 19.4. The lowest BCUT2D eigenvalue weighted by Gasteiger charge is -2.39. The van der Waals surface area contributed by atoms with Crippen LogP contribution < -0.4 is 5.32 Å². The van der Waals surface area contributed by atoms with Crippen LogP contribution in [0.5, 0.6) is 0 Å². The predicted molar refractivity (Wildman–Crippen MR) is 130 cm³/mol. The number of carbonyl (C=O) groups excluding carboxylic acids is 1. The van der Waals surface area contributed by atoms with Gasteiger partial charge in [0.1, 0.15) is 0 Å². The number of likely N-dealkylation sites (tertiary alicyclic amines) is 1. The van der Waals surface area contributed by atoms with E-state index in [1.807, 2.05) is 4.90 Å². The second kappa shape index (κ2) is 14.4. The minimum Gasteiger partial charge on any atom is -0.380 e. The number of halogens is 1. The van der Waals surface area contributed by atoms with Gasteiger partial charge in [-0.25, -0.2) is 0 Å². The van der Waals surface area contributed by atoms with E-state index < -0.39 is 0 Å². The van der Waals surface area contributed by atoms with E-state index in [0.717, 1.165) is 77.6 Å². The van der Waals surface area contributed by atoms with Gasteiger partial charge in [-0.3, -0.25) is 14.7 Å². The molecule has 2 aliphatic heterocycles. The van der Waals surface area contributed by atoms with E-state index in [0.29, 0.717) is 25.0 Å². The van der Waals surface area contributed by atoms with E-state index in [4.69, 9.17) is 9.73 Å². The zero-order chi connectivity index (χ0) is 20.4. The Morgan fingerprint density at radius 3 is 2.24 bits per heavy atom. The first-order valence-corrected chi connectivity index (χ1v) is 11.2. The monoisotopic (exact) mass is 523 g/mol. The van der Waals surface area contributed by atoms with Crippen LogP contribution in [0.2, 0.25) is 0 Å². The highest BCUT2D eigenvalue weighted by Crippen LogP contribution is 2.14. The number of amides is 1. The predicted octanol–water partition coefficient (Wildman–Crippen LogP) is 2.26. The third kappa shape index (κ3) is 8.96. The molecule has 1 atom stereocenters. The van der Waals surface area contributed by atoms with Gasteiger partial charge in [-0.15, -0.1) is 24.0 Å². The molecule has 0 saturated carbocycles. The Balaban J connectivity index is 0.00000420. The molecule has 0 bridgehead atoms. The van der Waals surface area contributed by atoms with Gasteiger partial charge in [0, 0.05) is 52.4 Å². The van der Waals surface area contributed by atoms with Gasteiger partial charge in [0.2, 0.25) is 5.91 Å². The number of ether oxygens (including phenoxy) is 1. The fourth-order valence-electron chi connectivity index (χ4n) is 3.74. The van der Waals surface area contributed by atoms with Crippen molar-refractivity contribution in [2.24, 2.45) is 10.9 Å². The summed E-state index contributed by atoms with van der Waals surface area (Å²) in [6.07, 6.45) is 3.39. The minimum absolute atomic E-state index is 0. The lowest BCUT2D eigenvalue weighted by molar-refractivity contribution is -0.135. The van der Waals surface area contributed by atoms with Crippen molar-refractivity contribution in [1.82, 2.24) is 20.0 Å². The van der Waals surface area contributed by atoms with E-state index in [-0.39, 0.29) is 30.0 Å². The molecule has 0 aromatic heterocycles. The number of hydrogen-bond donors (Lipinski definition) is 1. The lowest BCUT2D eigenvalue weighted by Crippen LogP contribution is -2.57. The average molecular weight is 524 g/mol. The van der Waals surface area contributed by atoms with Crippen molar-refractivity contribution in [2.45, 2.75) is 53.0 Å². The summed E-state index contributed by atoms with van der Waals surface area (Å²) in [5, 5.41) is 3.40. The van der Waals surface area contributed by atoms with Crippen LogP contribution in [0.25, 0.3) is 0 Å². The van der Waals surface area contributed by atoms with Gasteiger partial charge >= 0.3 is 0 Å². The molecule has 2 aliphatic rings. The third-order valence-electron chi connectivity index (χ3n) is 5.61. The highest BCUT2D eigenvalue weighted by Gasteiger charge is 2.30. The van der Waals surface area contributed by atoms with Crippen molar-refractivity contribution in [3.05, 3.63) is 0 Å². The number of guanidine groups is 1. The zero-order valence-electron chi connectivity index (χ0n) is 18.9. The van der Waals surface area contributed by atoms with E-state index in [1.165, 1.54) is 0 Å². The Kier molecular flexibility index (Phi) is 13.1. The van der Waals surface area contributed by atoms with Crippen LogP contribution in [0.4, 0.5) is 0 Å². The summed E-state index contributed by atoms with van der Waals surface area (Å²) in [5.74, 6) is 1.94. The Morgan fingerprint density at radius 1 is 1.00 bits per heavy atom. The molecule has 1 unspecified atom stereocenters. The Morgan fingerprint density at radius 2 is 1.66 bits per heavy atom. The number of piperazine rings is 1. The largest absolute Gasteiger partial charge is 0.380 e. The quantitative estimate of drug-likeness (QED) is 0.218. The second-order valence-corrected chi connectivity index (χ2v) is 8.26. The van der Waals surface area contributed by atoms with Crippen molar-refractivity contribution in [1.29, 1.82) is 0 Å². The summed E-state index contributed by atoms with van der Waals surface area (Å²) in [6, 6.07) is -0.0193. The van der Waals surface area contributed by atoms with Crippen LogP contribution in [0.3, 0.4) is 0 Å². The summed E-state index contributed by atoms with van der Waals surface area (Å²) in [5.41, 5.74) is 0. The molecule has 0 radical (unpaired) electrons. The Hall–Kier alpha value is -0.610. The SMILES string of the molecule is CCNC(=NCCOCCC(C)C)N1CCN(C(C)C(=O)N2CCCC2)CC1.I. The molecular weight excluding hydrogens is 481 g/mol. The van der Waals surface area contributed by atoms with Crippen molar-refractivity contribution >= 4 is 35.8 Å². The van der Waals surface area contributed by atoms with Gasteiger partial charge in [-0.1, -0.05) is 13.8 Å². The minimum atomic E-state index is -0.0193. The molecule has 0 aromatic carbocycles. The van der Waals surface area contributed by atoms with Crippen LogP contribution in [0.1, 0.15) is 47.0 Å². The average Bonchev–Trinajstić information content (AvgIpc) is 3.23. The van der Waals surface area contributed by atoms with Crippen LogP contribution in [0.15, 0.2) is 4.99 Å². The molecule has 2 rings (SSSR count). The van der Waals surface area contributed by atoms with Gasteiger partial charge in [-0.2, -0.15) is 0 Å². The zero-order valence-corrected chi connectivity index (χ0v) is 21.2. The van der Waals surface area contributed by atoms with Crippen molar-refractivity contribution in [2.75, 3.05) is 65.6 Å². The standard InChI is InChI=1S/C21H41N5O2.HI/c1-5-22-21(23-9-17-28-16-8-18(2)3)26-14-12-24(13-15-26)19(4)20(27)25-10-6-7-11-25;/h18-19H,5-17H2,1-4H3,(H,22,23);1H. The Labute approximate surface area is 194 Å². The molecule has 2 fully saturated rings. The fraction of sp³-hybridized carbons (Fsp3) is 0.905. The van der Waals surface area contributed by atoms with E-state index in [1.54, 1.807) is 0 Å². The topological polar surface area (TPSA) is 60.4 Å². The van der Waals surface area contributed by atoms with Crippen LogP contribution in [-0.4, -0.2) is 98.2 Å². The van der Waals surface area contributed by atoms with E-state index in [9.17, 15) is 4.79 Å². The molecule has 1 N–H and O–H groups in total. The molecule has 7 nitrogen and oxygen atoms in total. The molecule has 1 amide bonds. The molecule has 2 heterocycles. The molecule has 0 spiro atoms. The highest BCUT2D eigenvalue weighted by molar-refractivity contribution is 14.0. The van der Waals surface area contributed by atoms with Crippen molar-refractivity contribution < 1.29 is 9.53 Å². The first-order chi connectivity index (χ1) is 13.5. The molecule has 8 heteroatoms. The number of aliphatic imine (C=N–C) groups is 1. The number of nitrogens with zero attached hydrogens (tertiary/aromatic N) is 4. The van der Waals surface area contributed by atoms with Gasteiger partial charge in [0.25, 0.3) is 0 Å².